The molecule has 32 heavy (non-hydrogen) atoms. The molecule has 0 fully saturated rings. The number of carbonyl (C=O) groups excluding carboxylic acids is 4. The summed E-state index contributed by atoms with van der Waals surface area (Å²) in [6, 6.07) is 12.2. The zero-order chi connectivity index (χ0) is 23.5. The molecule has 2 aromatic carbocycles. The highest BCUT2D eigenvalue weighted by atomic mass is 32.1. The fourth-order valence-electron chi connectivity index (χ4n) is 2.53. The third-order valence-corrected chi connectivity index (χ3v) is 4.48. The Bertz CT molecular complexity index is 990. The molecule has 168 valence electrons. The summed E-state index contributed by atoms with van der Waals surface area (Å²) in [5.41, 5.74) is 6.33. The highest BCUT2D eigenvalue weighted by molar-refractivity contribution is 7.80. The van der Waals surface area contributed by atoms with Crippen LogP contribution in [0.2, 0.25) is 0 Å². The molecule has 0 spiro atoms. The number of thiocarbonyl (C=S) groups is 1. The highest BCUT2D eigenvalue weighted by Gasteiger charge is 2.12. The van der Waals surface area contributed by atoms with Crippen molar-refractivity contribution in [2.24, 2.45) is 0 Å². The number of esters is 1. The van der Waals surface area contributed by atoms with E-state index in [2.05, 4.69) is 26.2 Å². The molecule has 0 unspecified atom stereocenters. The van der Waals surface area contributed by atoms with E-state index in [1.165, 1.54) is 31.4 Å². The van der Waals surface area contributed by atoms with Crippen LogP contribution in [0.1, 0.15) is 57.3 Å². The van der Waals surface area contributed by atoms with Gasteiger partial charge in [0.05, 0.1) is 12.7 Å². The molecule has 2 aromatic rings. The van der Waals surface area contributed by atoms with Gasteiger partial charge in [-0.25, -0.2) is 4.79 Å². The Morgan fingerprint density at radius 3 is 2.00 bits per heavy atom. The van der Waals surface area contributed by atoms with Gasteiger partial charge in [0.1, 0.15) is 0 Å². The predicted molar refractivity (Wildman–Crippen MR) is 123 cm³/mol. The molecule has 0 atom stereocenters. The van der Waals surface area contributed by atoms with E-state index in [4.69, 9.17) is 12.2 Å². The van der Waals surface area contributed by atoms with Gasteiger partial charge in [-0.3, -0.25) is 30.6 Å². The standard InChI is InChI=1S/C22H24N4O5S/c1-3-4-5-18(27)23-17-12-10-15(11-13-17)20(29)25-26-22(32)24-19(28)14-6-8-16(9-7-14)21(30)31-2/h6-13H,3-5H2,1-2H3,(H,23,27)(H,25,29)(H2,24,26,28,32). The summed E-state index contributed by atoms with van der Waals surface area (Å²) < 4.78 is 4.60. The van der Waals surface area contributed by atoms with Crippen molar-refractivity contribution in [1.82, 2.24) is 16.2 Å². The molecule has 3 amide bonds. The SMILES string of the molecule is CCCCC(=O)Nc1ccc(C(=O)NNC(=S)NC(=O)c2ccc(C(=O)OC)cc2)cc1. The van der Waals surface area contributed by atoms with Crippen LogP contribution in [0, 0.1) is 0 Å². The van der Waals surface area contributed by atoms with Crippen molar-refractivity contribution in [2.75, 3.05) is 12.4 Å². The maximum Gasteiger partial charge on any atom is 0.337 e. The Morgan fingerprint density at radius 1 is 0.844 bits per heavy atom. The van der Waals surface area contributed by atoms with Gasteiger partial charge in [0, 0.05) is 23.2 Å². The van der Waals surface area contributed by atoms with Gasteiger partial charge in [0.15, 0.2) is 5.11 Å². The van der Waals surface area contributed by atoms with E-state index in [-0.39, 0.29) is 16.6 Å². The summed E-state index contributed by atoms with van der Waals surface area (Å²) in [5.74, 6) is -1.58. The monoisotopic (exact) mass is 456 g/mol. The van der Waals surface area contributed by atoms with Crippen molar-refractivity contribution in [1.29, 1.82) is 0 Å². The molecule has 2 rings (SSSR count). The average Bonchev–Trinajstić information content (AvgIpc) is 2.81. The lowest BCUT2D eigenvalue weighted by atomic mass is 10.1. The van der Waals surface area contributed by atoms with Gasteiger partial charge in [-0.05, 0) is 67.2 Å². The number of benzene rings is 2. The van der Waals surface area contributed by atoms with Crippen molar-refractivity contribution >= 4 is 46.7 Å². The van der Waals surface area contributed by atoms with Crippen LogP contribution in [-0.2, 0) is 9.53 Å². The van der Waals surface area contributed by atoms with E-state index >= 15 is 0 Å². The zero-order valence-corrected chi connectivity index (χ0v) is 18.5. The predicted octanol–water partition coefficient (Wildman–Crippen LogP) is 2.55. The molecule has 0 saturated carbocycles. The minimum atomic E-state index is -0.517. The van der Waals surface area contributed by atoms with Crippen molar-refractivity contribution in [3.63, 3.8) is 0 Å². The fraction of sp³-hybridized carbons (Fsp3) is 0.227. The van der Waals surface area contributed by atoms with Crippen LogP contribution in [0.25, 0.3) is 0 Å². The van der Waals surface area contributed by atoms with E-state index in [9.17, 15) is 19.2 Å². The first-order chi connectivity index (χ1) is 15.3. The molecule has 0 saturated heterocycles. The number of carbonyl (C=O) groups is 4. The molecule has 0 aromatic heterocycles. The minimum Gasteiger partial charge on any atom is -0.465 e. The molecule has 0 heterocycles. The van der Waals surface area contributed by atoms with Crippen LogP contribution in [0.3, 0.4) is 0 Å². The Hall–Kier alpha value is -3.79. The van der Waals surface area contributed by atoms with Gasteiger partial charge >= 0.3 is 5.97 Å². The number of hydrogen-bond donors (Lipinski definition) is 4. The summed E-state index contributed by atoms with van der Waals surface area (Å²) in [5, 5.41) is 5.07. The number of ether oxygens (including phenoxy) is 1. The third kappa shape index (κ3) is 7.47. The van der Waals surface area contributed by atoms with Crippen LogP contribution in [0.4, 0.5) is 5.69 Å². The Kier molecular flexibility index (Phi) is 9.30. The maximum atomic E-state index is 12.2. The quantitative estimate of drug-likeness (QED) is 0.287. The van der Waals surface area contributed by atoms with Crippen LogP contribution in [0.15, 0.2) is 48.5 Å². The fourth-order valence-corrected chi connectivity index (χ4v) is 2.68. The second-order valence-corrected chi connectivity index (χ2v) is 7.07. The second kappa shape index (κ2) is 12.2. The van der Waals surface area contributed by atoms with Gasteiger partial charge in [-0.1, -0.05) is 13.3 Å². The number of nitrogens with one attached hydrogen (secondary N) is 4. The summed E-state index contributed by atoms with van der Waals surface area (Å²) in [4.78, 5) is 47.6. The summed E-state index contributed by atoms with van der Waals surface area (Å²) in [6.07, 6.45) is 2.19. The van der Waals surface area contributed by atoms with Crippen molar-refractivity contribution < 1.29 is 23.9 Å². The molecule has 9 nitrogen and oxygen atoms in total. The first-order valence-electron chi connectivity index (χ1n) is 9.84. The molecular weight excluding hydrogens is 432 g/mol. The smallest absolute Gasteiger partial charge is 0.337 e. The van der Waals surface area contributed by atoms with Gasteiger partial charge in [0.25, 0.3) is 11.8 Å². The van der Waals surface area contributed by atoms with Gasteiger partial charge in [0.2, 0.25) is 5.91 Å². The van der Waals surface area contributed by atoms with E-state index < -0.39 is 17.8 Å². The van der Waals surface area contributed by atoms with Crippen LogP contribution in [-0.4, -0.2) is 35.9 Å². The van der Waals surface area contributed by atoms with Gasteiger partial charge < -0.3 is 10.1 Å². The highest BCUT2D eigenvalue weighted by Crippen LogP contribution is 2.10. The van der Waals surface area contributed by atoms with E-state index in [0.717, 1.165) is 12.8 Å². The molecule has 0 aliphatic carbocycles. The molecule has 0 aliphatic rings. The molecular formula is C22H24N4O5S. The second-order valence-electron chi connectivity index (χ2n) is 6.66. The summed E-state index contributed by atoms with van der Waals surface area (Å²) in [6.45, 7) is 2.01. The summed E-state index contributed by atoms with van der Waals surface area (Å²) in [7, 11) is 1.27. The van der Waals surface area contributed by atoms with Gasteiger partial charge in [-0.2, -0.15) is 0 Å². The molecule has 10 heteroatoms. The first kappa shape index (κ1) is 24.5. The van der Waals surface area contributed by atoms with Crippen LogP contribution in [0.5, 0.6) is 0 Å². The Balaban J connectivity index is 1.82. The van der Waals surface area contributed by atoms with Crippen molar-refractivity contribution in [3.8, 4) is 0 Å². The number of anilines is 1. The lowest BCUT2D eigenvalue weighted by molar-refractivity contribution is -0.116. The molecule has 4 N–H and O–H groups in total. The normalized spacial score (nSPS) is 9.94. The Labute approximate surface area is 190 Å². The molecule has 0 radical (unpaired) electrons. The first-order valence-corrected chi connectivity index (χ1v) is 10.2. The van der Waals surface area contributed by atoms with Crippen molar-refractivity contribution in [3.05, 3.63) is 65.2 Å². The lowest BCUT2D eigenvalue weighted by Gasteiger charge is -2.11. The number of rotatable bonds is 7. The van der Waals surface area contributed by atoms with Crippen molar-refractivity contribution in [2.45, 2.75) is 26.2 Å². The molecule has 0 aliphatic heterocycles. The third-order valence-electron chi connectivity index (χ3n) is 4.27. The van der Waals surface area contributed by atoms with E-state index in [0.29, 0.717) is 23.2 Å². The van der Waals surface area contributed by atoms with Crippen LogP contribution >= 0.6 is 12.2 Å². The number of amides is 3. The Morgan fingerprint density at radius 2 is 1.41 bits per heavy atom. The lowest BCUT2D eigenvalue weighted by Crippen LogP contribution is -2.48. The summed E-state index contributed by atoms with van der Waals surface area (Å²) >= 11 is 5.01. The zero-order valence-electron chi connectivity index (χ0n) is 17.7. The minimum absolute atomic E-state index is 0.0771. The van der Waals surface area contributed by atoms with E-state index in [1.54, 1.807) is 24.3 Å². The largest absolute Gasteiger partial charge is 0.465 e. The number of methoxy groups -OCH3 is 1. The van der Waals surface area contributed by atoms with E-state index in [1.807, 2.05) is 6.92 Å². The molecule has 0 bridgehead atoms. The topological polar surface area (TPSA) is 126 Å². The number of hydrazine groups is 1. The van der Waals surface area contributed by atoms with Gasteiger partial charge in [-0.15, -0.1) is 0 Å². The average molecular weight is 457 g/mol. The number of hydrogen-bond acceptors (Lipinski definition) is 6. The van der Waals surface area contributed by atoms with Crippen LogP contribution < -0.4 is 21.5 Å². The number of unbranched alkanes of at least 4 members (excludes halogenated alkanes) is 1. The maximum absolute atomic E-state index is 12.2.